The first kappa shape index (κ1) is 23.7. The Balaban J connectivity index is 1.49. The third-order valence-corrected chi connectivity index (χ3v) is 9.44. The van der Waals surface area contributed by atoms with Crippen LogP contribution in [0.25, 0.3) is 87.7 Å². The molecule has 0 unspecified atom stereocenters. The molecule has 204 valence electrons. The minimum atomic E-state index is 1.18. The van der Waals surface area contributed by atoms with Crippen molar-refractivity contribution in [2.24, 2.45) is 0 Å². The summed E-state index contributed by atoms with van der Waals surface area (Å²) >= 11 is 0. The molecular formula is C42H26N2. The highest BCUT2D eigenvalue weighted by atomic mass is 15.0. The average molecular weight is 559 g/mol. The first-order valence-corrected chi connectivity index (χ1v) is 15.2. The lowest BCUT2D eigenvalue weighted by molar-refractivity contribution is 1.29. The van der Waals surface area contributed by atoms with E-state index in [1.807, 2.05) is 0 Å². The summed E-state index contributed by atoms with van der Waals surface area (Å²) < 4.78 is 5.02. The molecule has 0 bridgehead atoms. The van der Waals surface area contributed by atoms with Gasteiger partial charge in [0.15, 0.2) is 0 Å². The largest absolute Gasteiger partial charge is 0.306 e. The van der Waals surface area contributed by atoms with E-state index in [-0.39, 0.29) is 0 Å². The van der Waals surface area contributed by atoms with Crippen LogP contribution in [-0.4, -0.2) is 8.80 Å². The summed E-state index contributed by atoms with van der Waals surface area (Å²) in [6, 6.07) is 57.8. The minimum absolute atomic E-state index is 1.18. The van der Waals surface area contributed by atoms with E-state index in [2.05, 4.69) is 167 Å². The summed E-state index contributed by atoms with van der Waals surface area (Å²) in [5.74, 6) is 0. The quantitative estimate of drug-likeness (QED) is 0.200. The molecule has 0 fully saturated rings. The molecule has 0 saturated carbocycles. The highest BCUT2D eigenvalue weighted by Crippen LogP contribution is 2.41. The molecule has 0 saturated heterocycles. The van der Waals surface area contributed by atoms with Crippen molar-refractivity contribution >= 4 is 65.4 Å². The van der Waals surface area contributed by atoms with Gasteiger partial charge in [-0.15, -0.1) is 0 Å². The van der Waals surface area contributed by atoms with Crippen molar-refractivity contribution in [2.45, 2.75) is 0 Å². The van der Waals surface area contributed by atoms with Gasteiger partial charge in [0.2, 0.25) is 0 Å². The zero-order valence-corrected chi connectivity index (χ0v) is 23.9. The van der Waals surface area contributed by atoms with Crippen LogP contribution in [0.5, 0.6) is 0 Å². The van der Waals surface area contributed by atoms with Gasteiger partial charge in [0.1, 0.15) is 0 Å². The molecule has 0 atom stereocenters. The van der Waals surface area contributed by atoms with Gasteiger partial charge in [0.05, 0.1) is 33.1 Å². The molecule has 0 N–H and O–H groups in total. The Morgan fingerprint density at radius 3 is 1.07 bits per heavy atom. The van der Waals surface area contributed by atoms with Gasteiger partial charge in [-0.2, -0.15) is 0 Å². The molecular weight excluding hydrogens is 532 g/mol. The maximum absolute atomic E-state index is 2.51. The molecule has 2 heteroatoms. The van der Waals surface area contributed by atoms with Gasteiger partial charge in [-0.3, -0.25) is 0 Å². The van der Waals surface area contributed by atoms with E-state index >= 15 is 0 Å². The molecule has 2 nitrogen and oxygen atoms in total. The lowest BCUT2D eigenvalue weighted by Crippen LogP contribution is -1.94. The lowest BCUT2D eigenvalue weighted by Gasteiger charge is -2.11. The molecule has 0 aliphatic carbocycles. The second-order valence-electron chi connectivity index (χ2n) is 11.8. The SMILES string of the molecule is c1ccc(-c2ccc3c4cccc5c6cccc7c8ccc(-c9ccccc9)cc8n(c8ccccc8n(c3c2)c45)c76)cc1. The third kappa shape index (κ3) is 3.14. The highest BCUT2D eigenvalue weighted by molar-refractivity contribution is 6.25. The van der Waals surface area contributed by atoms with Crippen LogP contribution in [0, 0.1) is 0 Å². The molecule has 0 spiro atoms. The van der Waals surface area contributed by atoms with Crippen LogP contribution in [-0.2, 0) is 0 Å². The molecule has 3 aromatic heterocycles. The Morgan fingerprint density at radius 2 is 0.636 bits per heavy atom. The van der Waals surface area contributed by atoms with Crippen molar-refractivity contribution in [3.8, 4) is 22.3 Å². The van der Waals surface area contributed by atoms with Crippen LogP contribution < -0.4 is 0 Å². The van der Waals surface area contributed by atoms with Crippen LogP contribution in [0.15, 0.2) is 158 Å². The lowest BCUT2D eigenvalue weighted by atomic mass is 10.0. The van der Waals surface area contributed by atoms with E-state index < -0.39 is 0 Å². The van der Waals surface area contributed by atoms with Gasteiger partial charge in [-0.1, -0.05) is 133 Å². The standard InChI is InChI=1S/C42H26N2/c1-3-11-27(12-4-1)29-21-23-31-33-15-9-17-35-36-18-10-16-34-32-24-22-30(28-13-5-2-6-14-28)26-40(32)44(42(34)36)38-20-8-7-19-37(38)43(41(33)35)39(31)25-29/h1-26H. The Hall–Kier alpha value is -5.86. The summed E-state index contributed by atoms with van der Waals surface area (Å²) in [4.78, 5) is 0. The minimum Gasteiger partial charge on any atom is -0.306 e. The molecule has 0 aliphatic heterocycles. The fraction of sp³-hybridized carbons (Fsp3) is 0. The summed E-state index contributed by atoms with van der Waals surface area (Å²) in [5, 5.41) is 7.61. The molecule has 3 heterocycles. The maximum atomic E-state index is 2.51. The maximum Gasteiger partial charge on any atom is 0.0703 e. The predicted octanol–water partition coefficient (Wildman–Crippen LogP) is 11.3. The Morgan fingerprint density at radius 1 is 0.250 bits per heavy atom. The second kappa shape index (κ2) is 8.82. The van der Waals surface area contributed by atoms with Gasteiger partial charge >= 0.3 is 0 Å². The fourth-order valence-electron chi connectivity index (χ4n) is 7.53. The zero-order chi connectivity index (χ0) is 28.8. The van der Waals surface area contributed by atoms with Crippen LogP contribution in [0.3, 0.4) is 0 Å². The van der Waals surface area contributed by atoms with Crippen molar-refractivity contribution in [1.82, 2.24) is 8.80 Å². The average Bonchev–Trinajstić information content (AvgIpc) is 3.60. The second-order valence-corrected chi connectivity index (χ2v) is 11.8. The van der Waals surface area contributed by atoms with Gasteiger partial charge in [0.25, 0.3) is 0 Å². The zero-order valence-electron chi connectivity index (χ0n) is 23.9. The molecule has 10 aromatic rings. The van der Waals surface area contributed by atoms with E-state index in [9.17, 15) is 0 Å². The summed E-state index contributed by atoms with van der Waals surface area (Å²) in [6.45, 7) is 0. The van der Waals surface area contributed by atoms with Crippen LogP contribution in [0.2, 0.25) is 0 Å². The Bertz CT molecular complexity index is 2550. The predicted molar refractivity (Wildman–Crippen MR) is 187 cm³/mol. The van der Waals surface area contributed by atoms with Crippen LogP contribution in [0.1, 0.15) is 0 Å². The summed E-state index contributed by atoms with van der Waals surface area (Å²) in [7, 11) is 0. The number of benzene rings is 7. The molecule has 7 aromatic carbocycles. The number of aromatic nitrogens is 2. The topological polar surface area (TPSA) is 8.82 Å². The first-order chi connectivity index (χ1) is 21.8. The Kier molecular flexibility index (Phi) is 4.75. The molecule has 0 radical (unpaired) electrons. The number of fused-ring (bicyclic) bond motifs is 10. The van der Waals surface area contributed by atoms with Crippen molar-refractivity contribution in [3.63, 3.8) is 0 Å². The van der Waals surface area contributed by atoms with Gasteiger partial charge in [-0.25, -0.2) is 0 Å². The van der Waals surface area contributed by atoms with Crippen molar-refractivity contribution < 1.29 is 0 Å². The first-order valence-electron chi connectivity index (χ1n) is 15.2. The van der Waals surface area contributed by atoms with Crippen molar-refractivity contribution in [2.75, 3.05) is 0 Å². The number of hydrogen-bond acceptors (Lipinski definition) is 0. The smallest absolute Gasteiger partial charge is 0.0703 e. The van der Waals surface area contributed by atoms with E-state index in [0.29, 0.717) is 0 Å². The third-order valence-electron chi connectivity index (χ3n) is 9.44. The molecule has 0 aliphatic rings. The number of nitrogens with zero attached hydrogens (tertiary/aromatic N) is 2. The van der Waals surface area contributed by atoms with Gasteiger partial charge in [0, 0.05) is 32.3 Å². The number of rotatable bonds is 2. The highest BCUT2D eigenvalue weighted by Gasteiger charge is 2.19. The van der Waals surface area contributed by atoms with E-state index in [1.165, 1.54) is 87.7 Å². The Labute approximate surface area is 253 Å². The van der Waals surface area contributed by atoms with E-state index in [0.717, 1.165) is 0 Å². The fourth-order valence-corrected chi connectivity index (χ4v) is 7.53. The summed E-state index contributed by atoms with van der Waals surface area (Å²) in [5.41, 5.74) is 12.2. The van der Waals surface area contributed by atoms with E-state index in [1.54, 1.807) is 0 Å². The molecule has 10 rings (SSSR count). The molecule has 44 heavy (non-hydrogen) atoms. The number of para-hydroxylation sites is 4. The van der Waals surface area contributed by atoms with Crippen LogP contribution in [0.4, 0.5) is 0 Å². The van der Waals surface area contributed by atoms with Crippen molar-refractivity contribution in [1.29, 1.82) is 0 Å². The van der Waals surface area contributed by atoms with Crippen molar-refractivity contribution in [3.05, 3.63) is 158 Å². The number of hydrogen-bond donors (Lipinski definition) is 0. The normalized spacial score (nSPS) is 12.1. The van der Waals surface area contributed by atoms with Crippen LogP contribution >= 0.6 is 0 Å². The van der Waals surface area contributed by atoms with Gasteiger partial charge in [-0.05, 0) is 46.5 Å². The monoisotopic (exact) mass is 558 g/mol. The summed E-state index contributed by atoms with van der Waals surface area (Å²) in [6.07, 6.45) is 0. The van der Waals surface area contributed by atoms with Gasteiger partial charge < -0.3 is 8.80 Å². The molecule has 0 amide bonds. The van der Waals surface area contributed by atoms with E-state index in [4.69, 9.17) is 0 Å².